The number of halogens is 1. The highest BCUT2D eigenvalue weighted by Crippen LogP contribution is 2.41. The molecule has 1 aromatic carbocycles. The summed E-state index contributed by atoms with van der Waals surface area (Å²) < 4.78 is 11.1. The van der Waals surface area contributed by atoms with Gasteiger partial charge in [0.25, 0.3) is 0 Å². The number of aliphatic hydroxyl groups excluding tert-OH is 1. The number of benzene rings is 1. The van der Waals surface area contributed by atoms with Gasteiger partial charge in [0.05, 0.1) is 30.3 Å². The highest BCUT2D eigenvalue weighted by atomic mass is 35.5. The van der Waals surface area contributed by atoms with Crippen LogP contribution in [0.3, 0.4) is 0 Å². The molecule has 1 aliphatic heterocycles. The van der Waals surface area contributed by atoms with Gasteiger partial charge >= 0.3 is 5.97 Å². The number of carbonyl (C=O) groups is 1. The van der Waals surface area contributed by atoms with Crippen molar-refractivity contribution in [2.45, 2.75) is 26.4 Å². The van der Waals surface area contributed by atoms with Gasteiger partial charge in [0, 0.05) is 6.42 Å². The summed E-state index contributed by atoms with van der Waals surface area (Å²) in [5.74, 6) is -1.28. The van der Waals surface area contributed by atoms with Crippen molar-refractivity contribution < 1.29 is 24.5 Å². The lowest BCUT2D eigenvalue weighted by Crippen LogP contribution is -2.27. The Hall–Kier alpha value is -1.46. The van der Waals surface area contributed by atoms with Crippen molar-refractivity contribution in [1.29, 1.82) is 0 Å². The number of aliphatic hydroxyl groups is 1. The number of hydrogen-bond donors (Lipinski definition) is 2. The largest absolute Gasteiger partial charge is 0.489 e. The Morgan fingerprint density at radius 1 is 1.29 bits per heavy atom. The van der Waals surface area contributed by atoms with Crippen LogP contribution in [0.15, 0.2) is 12.1 Å². The number of ether oxygens (including phenoxy) is 2. The van der Waals surface area contributed by atoms with Crippen LogP contribution in [0.25, 0.3) is 0 Å². The Balaban J connectivity index is 2.38. The summed E-state index contributed by atoms with van der Waals surface area (Å²) in [7, 11) is 0. The van der Waals surface area contributed by atoms with Crippen LogP contribution < -0.4 is 9.47 Å². The van der Waals surface area contributed by atoms with Crippen molar-refractivity contribution in [3.05, 3.63) is 22.7 Å². The van der Waals surface area contributed by atoms with Gasteiger partial charge < -0.3 is 19.7 Å². The third-order valence-electron chi connectivity index (χ3n) is 3.51. The fourth-order valence-corrected chi connectivity index (χ4v) is 2.69. The minimum absolute atomic E-state index is 0.216. The summed E-state index contributed by atoms with van der Waals surface area (Å²) in [6, 6.07) is 3.15. The number of rotatable bonds is 4. The molecule has 1 heterocycles. The van der Waals surface area contributed by atoms with E-state index in [0.717, 1.165) is 6.42 Å². The summed E-state index contributed by atoms with van der Waals surface area (Å²) in [5.41, 5.74) is 0.422. The highest BCUT2D eigenvalue weighted by molar-refractivity contribution is 6.32. The van der Waals surface area contributed by atoms with E-state index in [0.29, 0.717) is 35.3 Å². The average molecular weight is 315 g/mol. The molecule has 5 nitrogen and oxygen atoms in total. The molecule has 116 valence electrons. The topological polar surface area (TPSA) is 76.0 Å². The van der Waals surface area contributed by atoms with Crippen molar-refractivity contribution in [3.63, 3.8) is 0 Å². The van der Waals surface area contributed by atoms with Crippen LogP contribution in [0.4, 0.5) is 0 Å². The van der Waals surface area contributed by atoms with Gasteiger partial charge in [-0.05, 0) is 23.6 Å². The second-order valence-corrected chi connectivity index (χ2v) is 5.84. The van der Waals surface area contributed by atoms with Gasteiger partial charge in [0.2, 0.25) is 0 Å². The molecule has 6 heteroatoms. The van der Waals surface area contributed by atoms with E-state index < -0.39 is 18.0 Å². The molecule has 0 spiro atoms. The van der Waals surface area contributed by atoms with Gasteiger partial charge in [0.1, 0.15) is 0 Å². The monoisotopic (exact) mass is 314 g/mol. The predicted molar refractivity (Wildman–Crippen MR) is 78.0 cm³/mol. The molecule has 0 aromatic heterocycles. The molecule has 2 N–H and O–H groups in total. The second-order valence-electron chi connectivity index (χ2n) is 5.43. The maximum Gasteiger partial charge on any atom is 0.309 e. The zero-order valence-electron chi connectivity index (χ0n) is 12.0. The molecule has 0 amide bonds. The van der Waals surface area contributed by atoms with Crippen molar-refractivity contribution >= 4 is 17.6 Å². The fourth-order valence-electron chi connectivity index (χ4n) is 2.41. The predicted octanol–water partition coefficient (Wildman–Crippen LogP) is 2.89. The molecule has 0 fully saturated rings. The smallest absolute Gasteiger partial charge is 0.309 e. The molecule has 21 heavy (non-hydrogen) atoms. The number of fused-ring (bicyclic) bond motifs is 1. The number of carboxylic acids is 1. The van der Waals surface area contributed by atoms with E-state index in [9.17, 15) is 15.0 Å². The van der Waals surface area contributed by atoms with Crippen molar-refractivity contribution in [2.24, 2.45) is 11.8 Å². The standard InChI is InChI=1S/C15H19ClO5/c1-8(2)12(15(18)19)13(17)9-6-10(16)14-11(7-9)20-4-3-5-21-14/h6-8,12-13,17H,3-5H2,1-2H3,(H,18,19). The zero-order valence-corrected chi connectivity index (χ0v) is 12.8. The molecular weight excluding hydrogens is 296 g/mol. The molecule has 0 saturated carbocycles. The number of aliphatic carboxylic acids is 1. The van der Waals surface area contributed by atoms with Gasteiger partial charge in [-0.3, -0.25) is 4.79 Å². The molecule has 0 aliphatic carbocycles. The number of carboxylic acid groups (broad SMARTS) is 1. The summed E-state index contributed by atoms with van der Waals surface area (Å²) in [6.45, 7) is 4.52. The van der Waals surface area contributed by atoms with Crippen LogP contribution in [0, 0.1) is 11.8 Å². The minimum Gasteiger partial charge on any atom is -0.489 e. The van der Waals surface area contributed by atoms with Crippen molar-refractivity contribution in [3.8, 4) is 11.5 Å². The first-order chi connectivity index (χ1) is 9.91. The van der Waals surface area contributed by atoms with Crippen LogP contribution in [-0.4, -0.2) is 29.4 Å². The van der Waals surface area contributed by atoms with E-state index in [4.69, 9.17) is 21.1 Å². The van der Waals surface area contributed by atoms with Crippen LogP contribution >= 0.6 is 11.6 Å². The van der Waals surface area contributed by atoms with Crippen LogP contribution in [-0.2, 0) is 4.79 Å². The maximum absolute atomic E-state index is 11.3. The van der Waals surface area contributed by atoms with E-state index in [1.165, 1.54) is 6.07 Å². The highest BCUT2D eigenvalue weighted by Gasteiger charge is 2.32. The van der Waals surface area contributed by atoms with Crippen LogP contribution in [0.5, 0.6) is 11.5 Å². The first kappa shape index (κ1) is 15.9. The Bertz CT molecular complexity index is 529. The Morgan fingerprint density at radius 3 is 2.57 bits per heavy atom. The lowest BCUT2D eigenvalue weighted by Gasteiger charge is -2.23. The van der Waals surface area contributed by atoms with Gasteiger partial charge in [-0.1, -0.05) is 25.4 Å². The summed E-state index contributed by atoms with van der Waals surface area (Å²) >= 11 is 6.16. The minimum atomic E-state index is -1.16. The number of hydrogen-bond acceptors (Lipinski definition) is 4. The Labute approximate surface area is 128 Å². The lowest BCUT2D eigenvalue weighted by atomic mass is 9.86. The lowest BCUT2D eigenvalue weighted by molar-refractivity contribution is -0.148. The Morgan fingerprint density at radius 2 is 1.95 bits per heavy atom. The van der Waals surface area contributed by atoms with E-state index >= 15 is 0 Å². The molecule has 1 aliphatic rings. The van der Waals surface area contributed by atoms with Crippen molar-refractivity contribution in [2.75, 3.05) is 13.2 Å². The van der Waals surface area contributed by atoms with E-state index in [1.54, 1.807) is 19.9 Å². The molecule has 0 radical (unpaired) electrons. The quantitative estimate of drug-likeness (QED) is 0.893. The second kappa shape index (κ2) is 6.54. The molecule has 0 saturated heterocycles. The first-order valence-corrected chi connectivity index (χ1v) is 7.29. The van der Waals surface area contributed by atoms with Gasteiger partial charge in [-0.15, -0.1) is 0 Å². The third-order valence-corrected chi connectivity index (χ3v) is 3.79. The van der Waals surface area contributed by atoms with E-state index in [2.05, 4.69) is 0 Å². The fraction of sp³-hybridized carbons (Fsp3) is 0.533. The molecule has 1 aromatic rings. The zero-order chi connectivity index (χ0) is 15.6. The average Bonchev–Trinajstić information content (AvgIpc) is 2.63. The van der Waals surface area contributed by atoms with Crippen molar-refractivity contribution in [1.82, 2.24) is 0 Å². The van der Waals surface area contributed by atoms with E-state index in [-0.39, 0.29) is 5.92 Å². The summed E-state index contributed by atoms with van der Waals surface area (Å²) in [5, 5.41) is 20.0. The molecular formula is C15H19ClO5. The third kappa shape index (κ3) is 3.41. The maximum atomic E-state index is 11.3. The van der Waals surface area contributed by atoms with Crippen LogP contribution in [0.1, 0.15) is 31.9 Å². The molecule has 2 unspecified atom stereocenters. The molecule has 0 bridgehead atoms. The molecule has 2 atom stereocenters. The van der Waals surface area contributed by atoms with Crippen LogP contribution in [0.2, 0.25) is 5.02 Å². The van der Waals surface area contributed by atoms with Gasteiger partial charge in [-0.2, -0.15) is 0 Å². The van der Waals surface area contributed by atoms with Gasteiger partial charge in [0.15, 0.2) is 11.5 Å². The normalized spacial score (nSPS) is 17.2. The SMILES string of the molecule is CC(C)C(C(=O)O)C(O)c1cc(Cl)c2c(c1)OCCCO2. The summed E-state index contributed by atoms with van der Waals surface area (Å²) in [6.07, 6.45) is -0.413. The Kier molecular flexibility index (Phi) is 4.96. The first-order valence-electron chi connectivity index (χ1n) is 6.91. The summed E-state index contributed by atoms with van der Waals surface area (Å²) in [4.78, 5) is 11.3. The van der Waals surface area contributed by atoms with Gasteiger partial charge in [-0.25, -0.2) is 0 Å². The van der Waals surface area contributed by atoms with E-state index in [1.807, 2.05) is 0 Å². The molecule has 2 rings (SSSR count).